The number of amides is 2. The summed E-state index contributed by atoms with van der Waals surface area (Å²) in [6, 6.07) is 13.0. The predicted molar refractivity (Wildman–Crippen MR) is 128 cm³/mol. The first-order valence-electron chi connectivity index (χ1n) is 9.80. The first kappa shape index (κ1) is 22.8. The second kappa shape index (κ2) is 10.4. The van der Waals surface area contributed by atoms with Gasteiger partial charge in [0.2, 0.25) is 11.0 Å². The molecule has 9 heteroatoms. The van der Waals surface area contributed by atoms with E-state index in [4.69, 9.17) is 0 Å². The lowest BCUT2D eigenvalue weighted by atomic mass is 10.1. The maximum absolute atomic E-state index is 12.3. The van der Waals surface area contributed by atoms with Gasteiger partial charge in [0.05, 0.1) is 5.75 Å². The number of carbonyl (C=O) groups is 2. The maximum atomic E-state index is 12.3. The van der Waals surface area contributed by atoms with Crippen molar-refractivity contribution in [1.29, 1.82) is 0 Å². The van der Waals surface area contributed by atoms with E-state index in [1.165, 1.54) is 33.6 Å². The summed E-state index contributed by atoms with van der Waals surface area (Å²) < 4.78 is 0.719. The molecule has 1 heterocycles. The second-order valence-corrected chi connectivity index (χ2v) is 9.27. The molecule has 0 spiro atoms. The van der Waals surface area contributed by atoms with E-state index in [0.29, 0.717) is 16.4 Å². The largest absolute Gasteiger partial charge is 0.345 e. The van der Waals surface area contributed by atoms with Gasteiger partial charge in [0, 0.05) is 31.0 Å². The summed E-state index contributed by atoms with van der Waals surface area (Å²) in [5.41, 5.74) is 4.66. The number of carbonyl (C=O) groups excluding carboxylic acids is 2. The van der Waals surface area contributed by atoms with Gasteiger partial charge in [-0.2, -0.15) is 0 Å². The second-order valence-electron chi connectivity index (χ2n) is 7.07. The first-order valence-corrected chi connectivity index (χ1v) is 11.6. The normalized spacial score (nSPS) is 10.6. The molecule has 0 aliphatic rings. The van der Waals surface area contributed by atoms with E-state index < -0.39 is 0 Å². The van der Waals surface area contributed by atoms with Crippen LogP contribution in [0.3, 0.4) is 0 Å². The summed E-state index contributed by atoms with van der Waals surface area (Å²) in [4.78, 5) is 25.7. The topological polar surface area (TPSA) is 87.2 Å². The van der Waals surface area contributed by atoms with Crippen molar-refractivity contribution >= 4 is 51.4 Å². The molecule has 1 aromatic heterocycles. The fraction of sp³-hybridized carbons (Fsp3) is 0.273. The lowest BCUT2D eigenvalue weighted by Crippen LogP contribution is -2.21. The SMILES string of the molecule is CCc1cccc(C)c1Nc1nnc(SCC(=O)Nc2ccc(C(=O)N(C)C)cc2)s1. The van der Waals surface area contributed by atoms with Crippen LogP contribution < -0.4 is 10.6 Å². The summed E-state index contributed by atoms with van der Waals surface area (Å²) in [5, 5.41) is 15.3. The molecule has 0 saturated heterocycles. The number of anilines is 3. The molecule has 0 aliphatic carbocycles. The lowest BCUT2D eigenvalue weighted by molar-refractivity contribution is -0.113. The van der Waals surface area contributed by atoms with Gasteiger partial charge < -0.3 is 15.5 Å². The summed E-state index contributed by atoms with van der Waals surface area (Å²) in [6.07, 6.45) is 0.925. The number of nitrogens with zero attached hydrogens (tertiary/aromatic N) is 3. The van der Waals surface area contributed by atoms with Crippen molar-refractivity contribution in [2.24, 2.45) is 0 Å². The van der Waals surface area contributed by atoms with E-state index >= 15 is 0 Å². The van der Waals surface area contributed by atoms with Crippen LogP contribution >= 0.6 is 23.1 Å². The molecule has 0 bridgehead atoms. The molecule has 0 atom stereocenters. The number of benzene rings is 2. The van der Waals surface area contributed by atoms with Gasteiger partial charge >= 0.3 is 0 Å². The Morgan fingerprint density at radius 2 is 1.84 bits per heavy atom. The van der Waals surface area contributed by atoms with Crippen molar-refractivity contribution in [3.63, 3.8) is 0 Å². The summed E-state index contributed by atoms with van der Waals surface area (Å²) in [6.45, 7) is 4.18. The molecular formula is C22H25N5O2S2. The van der Waals surface area contributed by atoms with Crippen molar-refractivity contribution in [1.82, 2.24) is 15.1 Å². The molecule has 3 aromatic rings. The van der Waals surface area contributed by atoms with Crippen molar-refractivity contribution < 1.29 is 9.59 Å². The summed E-state index contributed by atoms with van der Waals surface area (Å²) in [7, 11) is 3.40. The number of hydrogen-bond acceptors (Lipinski definition) is 7. The Balaban J connectivity index is 1.54. The number of hydrogen-bond donors (Lipinski definition) is 2. The zero-order valence-electron chi connectivity index (χ0n) is 17.9. The van der Waals surface area contributed by atoms with Crippen LogP contribution in [0.2, 0.25) is 0 Å². The summed E-state index contributed by atoms with van der Waals surface area (Å²) >= 11 is 2.76. The van der Waals surface area contributed by atoms with Crippen molar-refractivity contribution in [3.8, 4) is 0 Å². The molecule has 2 N–H and O–H groups in total. The molecular weight excluding hydrogens is 430 g/mol. The van der Waals surface area contributed by atoms with E-state index in [2.05, 4.69) is 46.8 Å². The third kappa shape index (κ3) is 6.05. The number of nitrogens with one attached hydrogen (secondary N) is 2. The van der Waals surface area contributed by atoms with E-state index in [-0.39, 0.29) is 17.6 Å². The molecule has 2 aromatic carbocycles. The standard InChI is InChI=1S/C22H25N5O2S2/c1-5-15-8-6-7-14(2)19(15)24-21-25-26-22(31-21)30-13-18(28)23-17-11-9-16(10-12-17)20(29)27(3)4/h6-12H,5,13H2,1-4H3,(H,23,28)(H,24,25). The monoisotopic (exact) mass is 455 g/mol. The molecule has 2 amide bonds. The first-order chi connectivity index (χ1) is 14.9. The Morgan fingerprint density at radius 1 is 1.10 bits per heavy atom. The van der Waals surface area contributed by atoms with Gasteiger partial charge in [-0.1, -0.05) is 48.2 Å². The van der Waals surface area contributed by atoms with E-state index in [1.54, 1.807) is 38.4 Å². The van der Waals surface area contributed by atoms with E-state index in [1.807, 2.05) is 6.07 Å². The quantitative estimate of drug-likeness (QED) is 0.483. The van der Waals surface area contributed by atoms with Crippen LogP contribution in [-0.4, -0.2) is 46.8 Å². The molecule has 0 unspecified atom stereocenters. The minimum atomic E-state index is -0.145. The van der Waals surface area contributed by atoms with E-state index in [9.17, 15) is 9.59 Å². The highest BCUT2D eigenvalue weighted by Crippen LogP contribution is 2.30. The van der Waals surface area contributed by atoms with Gasteiger partial charge in [0.25, 0.3) is 5.91 Å². The minimum absolute atomic E-state index is 0.0779. The van der Waals surface area contributed by atoms with Crippen LogP contribution in [0.4, 0.5) is 16.5 Å². The number of aromatic nitrogens is 2. The van der Waals surface area contributed by atoms with Crippen molar-refractivity contribution in [2.75, 3.05) is 30.5 Å². The molecule has 0 saturated carbocycles. The third-order valence-electron chi connectivity index (χ3n) is 4.53. The average molecular weight is 456 g/mol. The van der Waals surface area contributed by atoms with Gasteiger partial charge in [0.1, 0.15) is 0 Å². The Kier molecular flexibility index (Phi) is 7.64. The molecule has 162 valence electrons. The smallest absolute Gasteiger partial charge is 0.253 e. The fourth-order valence-electron chi connectivity index (χ4n) is 2.91. The van der Waals surface area contributed by atoms with Crippen molar-refractivity contribution in [2.45, 2.75) is 24.6 Å². The highest BCUT2D eigenvalue weighted by Gasteiger charge is 2.12. The van der Waals surface area contributed by atoms with Crippen LogP contribution in [0.1, 0.15) is 28.4 Å². The zero-order valence-corrected chi connectivity index (χ0v) is 19.6. The van der Waals surface area contributed by atoms with Crippen LogP contribution in [0.15, 0.2) is 46.8 Å². The maximum Gasteiger partial charge on any atom is 0.253 e. The Morgan fingerprint density at radius 3 is 2.52 bits per heavy atom. The highest BCUT2D eigenvalue weighted by molar-refractivity contribution is 8.01. The van der Waals surface area contributed by atoms with Crippen LogP contribution in [-0.2, 0) is 11.2 Å². The third-order valence-corrected chi connectivity index (χ3v) is 6.50. The van der Waals surface area contributed by atoms with Crippen LogP contribution in [0, 0.1) is 6.92 Å². The molecule has 7 nitrogen and oxygen atoms in total. The molecule has 0 aliphatic heterocycles. The van der Waals surface area contributed by atoms with Gasteiger partial charge in [-0.25, -0.2) is 0 Å². The predicted octanol–water partition coefficient (Wildman–Crippen LogP) is 4.59. The molecule has 0 radical (unpaired) electrons. The highest BCUT2D eigenvalue weighted by atomic mass is 32.2. The summed E-state index contributed by atoms with van der Waals surface area (Å²) in [5.74, 6) is -0.00291. The van der Waals surface area contributed by atoms with Crippen LogP contribution in [0.25, 0.3) is 0 Å². The Bertz CT molecular complexity index is 1060. The van der Waals surface area contributed by atoms with Gasteiger partial charge in [0.15, 0.2) is 4.34 Å². The number of para-hydroxylation sites is 1. The zero-order chi connectivity index (χ0) is 22.4. The fourth-order valence-corrected chi connectivity index (χ4v) is 4.46. The molecule has 0 fully saturated rings. The molecule has 31 heavy (non-hydrogen) atoms. The van der Waals surface area contributed by atoms with Crippen molar-refractivity contribution in [3.05, 3.63) is 59.2 Å². The number of aryl methyl sites for hydroxylation is 2. The molecule has 3 rings (SSSR count). The van der Waals surface area contributed by atoms with Gasteiger partial charge in [-0.05, 0) is 48.7 Å². The number of rotatable bonds is 8. The van der Waals surface area contributed by atoms with Gasteiger partial charge in [-0.15, -0.1) is 10.2 Å². The Labute approximate surface area is 190 Å². The Hall–Kier alpha value is -2.91. The lowest BCUT2D eigenvalue weighted by Gasteiger charge is -2.11. The average Bonchev–Trinajstić information content (AvgIpc) is 3.21. The van der Waals surface area contributed by atoms with E-state index in [0.717, 1.165) is 22.0 Å². The van der Waals surface area contributed by atoms with Gasteiger partial charge in [-0.3, -0.25) is 9.59 Å². The minimum Gasteiger partial charge on any atom is -0.345 e. The van der Waals surface area contributed by atoms with Crippen LogP contribution in [0.5, 0.6) is 0 Å². The number of thioether (sulfide) groups is 1.